The molecule has 0 spiro atoms. The number of pyridine rings is 1. The van der Waals surface area contributed by atoms with Gasteiger partial charge >= 0.3 is 6.09 Å². The zero-order chi connectivity index (χ0) is 30.0. The summed E-state index contributed by atoms with van der Waals surface area (Å²) in [5.41, 5.74) is 3.85. The Morgan fingerprint density at radius 2 is 1.93 bits per heavy atom. The number of aromatic nitrogens is 4. The summed E-state index contributed by atoms with van der Waals surface area (Å²) in [6.45, 7) is 6.91. The molecule has 0 saturated carbocycles. The molecule has 0 fully saturated rings. The largest absolute Gasteiger partial charge is 0.484 e. The highest BCUT2D eigenvalue weighted by atomic mass is 32.1. The molecule has 5 aromatic rings. The zero-order valence-corrected chi connectivity index (χ0v) is 24.6. The van der Waals surface area contributed by atoms with Crippen molar-refractivity contribution in [2.75, 3.05) is 19.0 Å². The van der Waals surface area contributed by atoms with Crippen molar-refractivity contribution in [3.05, 3.63) is 65.9 Å². The van der Waals surface area contributed by atoms with E-state index < -0.39 is 23.6 Å². The summed E-state index contributed by atoms with van der Waals surface area (Å²) in [6.07, 6.45) is 2.09. The van der Waals surface area contributed by atoms with Crippen molar-refractivity contribution in [3.63, 3.8) is 0 Å². The number of aryl methyl sites for hydroxylation is 1. The number of anilines is 1. The highest BCUT2D eigenvalue weighted by Gasteiger charge is 2.18. The Labute approximate surface area is 245 Å². The molecule has 1 atom stereocenters. The van der Waals surface area contributed by atoms with Gasteiger partial charge in [0.15, 0.2) is 11.6 Å². The second-order valence-electron chi connectivity index (χ2n) is 10.5. The van der Waals surface area contributed by atoms with E-state index in [1.165, 1.54) is 30.7 Å². The van der Waals surface area contributed by atoms with Crippen LogP contribution >= 0.6 is 11.3 Å². The first-order valence-electron chi connectivity index (χ1n) is 13.2. The second-order valence-corrected chi connectivity index (χ2v) is 11.6. The van der Waals surface area contributed by atoms with Crippen molar-refractivity contribution < 1.29 is 28.5 Å². The van der Waals surface area contributed by atoms with Gasteiger partial charge in [-0.05, 0) is 57.5 Å². The highest BCUT2D eigenvalue weighted by molar-refractivity contribution is 7.21. The fraction of sp³-hybridized carbons (Fsp3) is 0.300. The third kappa shape index (κ3) is 6.89. The number of hydrogen-bond donors (Lipinski definition) is 2. The normalized spacial score (nSPS) is 12.4. The number of nitrogens with zero attached hydrogens (tertiary/aromatic N) is 4. The summed E-state index contributed by atoms with van der Waals surface area (Å²) < 4.78 is 31.9. The molecule has 3 aromatic heterocycles. The molecular formula is C30H30FN5O5S. The van der Waals surface area contributed by atoms with Gasteiger partial charge in [-0.25, -0.2) is 24.1 Å². The number of carbonyl (C=O) groups excluding carboxylic acids is 1. The number of carbonyl (C=O) groups is 1. The lowest BCUT2D eigenvalue weighted by atomic mass is 10.0. The van der Waals surface area contributed by atoms with Gasteiger partial charge in [0, 0.05) is 29.8 Å². The minimum atomic E-state index is -0.885. The molecule has 0 bridgehead atoms. The summed E-state index contributed by atoms with van der Waals surface area (Å²) >= 11 is 1.39. The number of halogens is 1. The molecule has 0 saturated heterocycles. The number of benzene rings is 2. The van der Waals surface area contributed by atoms with Gasteiger partial charge in [-0.1, -0.05) is 0 Å². The molecule has 5 rings (SSSR count). The maximum atomic E-state index is 15.0. The van der Waals surface area contributed by atoms with Crippen LogP contribution in [-0.2, 0) is 11.2 Å². The van der Waals surface area contributed by atoms with Crippen molar-refractivity contribution in [2.45, 2.75) is 45.8 Å². The standard InChI is InChI=1S/C30H30FN5O5S/c1-16-8-20(27-23(9-16)35-26(39-5)14-33-27)28-36-22-10-21(31)24(11-25(22)42-28)41-17(2)15-40-29(37)34-19-7-6-18(32-13-19)12-30(3,4)38/h6-11,13-14,17,38H,12,15H2,1-5H3,(H,34,37)/t17-/m0/s1. The van der Waals surface area contributed by atoms with Gasteiger partial charge in [-0.15, -0.1) is 11.3 Å². The van der Waals surface area contributed by atoms with Crippen molar-refractivity contribution in [2.24, 2.45) is 0 Å². The fourth-order valence-corrected chi connectivity index (χ4v) is 5.28. The number of thiazole rings is 1. The van der Waals surface area contributed by atoms with Crippen LogP contribution in [-0.4, -0.2) is 56.6 Å². The maximum Gasteiger partial charge on any atom is 0.411 e. The lowest BCUT2D eigenvalue weighted by Crippen LogP contribution is -2.24. The van der Waals surface area contributed by atoms with E-state index in [-0.39, 0.29) is 12.4 Å². The maximum absolute atomic E-state index is 15.0. The van der Waals surface area contributed by atoms with Gasteiger partial charge in [-0.2, -0.15) is 0 Å². The molecule has 3 heterocycles. The molecule has 0 aliphatic heterocycles. The van der Waals surface area contributed by atoms with Crippen LogP contribution in [0, 0.1) is 12.7 Å². The lowest BCUT2D eigenvalue weighted by molar-refractivity contribution is 0.0799. The molecule has 0 radical (unpaired) electrons. The van der Waals surface area contributed by atoms with E-state index in [9.17, 15) is 14.3 Å². The predicted octanol–water partition coefficient (Wildman–Crippen LogP) is 6.09. The van der Waals surface area contributed by atoms with Crippen molar-refractivity contribution >= 4 is 44.4 Å². The van der Waals surface area contributed by atoms with Crippen LogP contribution in [0.2, 0.25) is 0 Å². The zero-order valence-electron chi connectivity index (χ0n) is 23.8. The first kappa shape index (κ1) is 29.1. The van der Waals surface area contributed by atoms with Crippen LogP contribution in [0.25, 0.3) is 31.8 Å². The first-order valence-corrected chi connectivity index (χ1v) is 14.0. The third-order valence-corrected chi connectivity index (χ3v) is 7.16. The van der Waals surface area contributed by atoms with Crippen molar-refractivity contribution in [3.8, 4) is 22.2 Å². The number of fused-ring (bicyclic) bond motifs is 2. The van der Waals surface area contributed by atoms with Gasteiger partial charge in [0.05, 0.1) is 52.0 Å². The Bertz CT molecular complexity index is 1750. The SMILES string of the molecule is COc1cnc2c(-c3nc4cc(F)c(O[C@@H](C)COC(=O)Nc5ccc(CC(C)(C)O)nc5)cc4s3)cc(C)cc2n1. The molecule has 2 N–H and O–H groups in total. The summed E-state index contributed by atoms with van der Waals surface area (Å²) in [4.78, 5) is 30.1. The topological polar surface area (TPSA) is 129 Å². The van der Waals surface area contributed by atoms with Gasteiger partial charge in [0.25, 0.3) is 0 Å². The molecule has 42 heavy (non-hydrogen) atoms. The quantitative estimate of drug-likeness (QED) is 0.209. The monoisotopic (exact) mass is 591 g/mol. The molecule has 10 nitrogen and oxygen atoms in total. The lowest BCUT2D eigenvalue weighted by Gasteiger charge is -2.17. The Morgan fingerprint density at radius 1 is 1.12 bits per heavy atom. The molecule has 0 unspecified atom stereocenters. The summed E-state index contributed by atoms with van der Waals surface area (Å²) in [7, 11) is 1.54. The van der Waals surface area contributed by atoms with Gasteiger partial charge in [0.1, 0.15) is 17.7 Å². The number of ether oxygens (including phenoxy) is 3. The average molecular weight is 592 g/mol. The second kappa shape index (κ2) is 11.8. The number of aliphatic hydroxyl groups is 1. The van der Waals surface area contributed by atoms with E-state index in [1.54, 1.807) is 45.2 Å². The van der Waals surface area contributed by atoms with E-state index in [0.717, 1.165) is 15.8 Å². The third-order valence-electron chi connectivity index (χ3n) is 6.11. The predicted molar refractivity (Wildman–Crippen MR) is 159 cm³/mol. The highest BCUT2D eigenvalue weighted by Crippen LogP contribution is 2.37. The van der Waals surface area contributed by atoms with Crippen molar-refractivity contribution in [1.82, 2.24) is 19.9 Å². The number of rotatable bonds is 9. The molecule has 218 valence electrons. The molecule has 1 amide bonds. The Balaban J connectivity index is 1.25. The smallest absolute Gasteiger partial charge is 0.411 e. The van der Waals surface area contributed by atoms with Gasteiger partial charge in [0.2, 0.25) is 5.88 Å². The Kier molecular flexibility index (Phi) is 8.19. The summed E-state index contributed by atoms with van der Waals surface area (Å²) in [5, 5.41) is 13.2. The summed E-state index contributed by atoms with van der Waals surface area (Å²) in [5.74, 6) is -0.136. The minimum Gasteiger partial charge on any atom is -0.484 e. The van der Waals surface area contributed by atoms with Gasteiger partial charge in [-0.3, -0.25) is 10.3 Å². The van der Waals surface area contributed by atoms with Crippen LogP contribution in [0.15, 0.2) is 48.8 Å². The van der Waals surface area contributed by atoms with Crippen molar-refractivity contribution in [1.29, 1.82) is 0 Å². The average Bonchev–Trinajstić information content (AvgIpc) is 3.34. The minimum absolute atomic E-state index is 0.0273. The Morgan fingerprint density at radius 3 is 2.64 bits per heavy atom. The molecule has 0 aliphatic carbocycles. The van der Waals surface area contributed by atoms with E-state index in [2.05, 4.69) is 25.3 Å². The van der Waals surface area contributed by atoms with E-state index in [4.69, 9.17) is 14.2 Å². The fourth-order valence-electron chi connectivity index (χ4n) is 4.29. The number of methoxy groups -OCH3 is 1. The van der Waals surface area contributed by atoms with Crippen LogP contribution in [0.3, 0.4) is 0 Å². The molecule has 0 aliphatic rings. The van der Waals surface area contributed by atoms with Crippen LogP contribution in [0.5, 0.6) is 11.6 Å². The Hall–Kier alpha value is -4.42. The van der Waals surface area contributed by atoms with E-state index in [0.29, 0.717) is 45.2 Å². The van der Waals surface area contributed by atoms with Gasteiger partial charge < -0.3 is 19.3 Å². The van der Waals surface area contributed by atoms with Crippen LogP contribution in [0.4, 0.5) is 14.9 Å². The number of hydrogen-bond acceptors (Lipinski definition) is 10. The first-order chi connectivity index (χ1) is 20.0. The molecule has 2 aromatic carbocycles. The van der Waals surface area contributed by atoms with E-state index >= 15 is 0 Å². The molecular weight excluding hydrogens is 561 g/mol. The van der Waals surface area contributed by atoms with E-state index in [1.807, 2.05) is 19.1 Å². The summed E-state index contributed by atoms with van der Waals surface area (Å²) in [6, 6.07) is 10.2. The molecule has 12 heteroatoms. The number of amides is 1. The van der Waals surface area contributed by atoms with Crippen LogP contribution < -0.4 is 14.8 Å². The number of nitrogens with one attached hydrogen (secondary N) is 1. The van der Waals surface area contributed by atoms with Crippen LogP contribution in [0.1, 0.15) is 32.0 Å².